The van der Waals surface area contributed by atoms with Crippen molar-refractivity contribution >= 4 is 40.1 Å². The summed E-state index contributed by atoms with van der Waals surface area (Å²) in [5.41, 5.74) is 10.6. The molecule has 7 heterocycles. The number of aliphatic hydroxyl groups is 1. The molecule has 0 radical (unpaired) electrons. The van der Waals surface area contributed by atoms with Gasteiger partial charge in [0.05, 0.1) is 39.4 Å². The number of likely N-dealkylation sites (tertiary alicyclic amines) is 1. The van der Waals surface area contributed by atoms with Crippen molar-refractivity contribution in [1.82, 2.24) is 45.1 Å². The van der Waals surface area contributed by atoms with Gasteiger partial charge in [-0.3, -0.25) is 9.59 Å². The number of thiazole rings is 1. The molecule has 340 valence electrons. The third-order valence-electron chi connectivity index (χ3n) is 13.8. The standard InChI is InChI=1S/C50H54N10O5S/c1-28(2)46(49(64)59-26-36(61)20-43(59)48(63)54-29(3)31-12-14-33(15-13-31)47-30(4)53-27-66-47)45-23-38(57-65-45)34-24-51-50(52-25-34)58-18-16-32(17-19-58)41-22-40-42(60(41)35-8-7-9-35)21-39(55-56-40)37-10-5-6-11-44(37)62/h5-6,10-15,21-25,27-29,32,35-36,43,46,61-62H,7-9,16-20,26H2,1-4H3,(H,54,63)/t29-,36+,43-,46+/m0/s1. The molecular weight excluding hydrogens is 853 g/mol. The lowest BCUT2D eigenvalue weighted by Gasteiger charge is -2.35. The minimum Gasteiger partial charge on any atom is -0.507 e. The van der Waals surface area contributed by atoms with Crippen molar-refractivity contribution in [3.05, 3.63) is 107 Å². The van der Waals surface area contributed by atoms with Crippen LogP contribution >= 0.6 is 11.3 Å². The molecule has 2 aromatic carbocycles. The number of para-hydroxylation sites is 1. The van der Waals surface area contributed by atoms with E-state index in [1.807, 2.05) is 75.7 Å². The molecule has 3 N–H and O–H groups in total. The summed E-state index contributed by atoms with van der Waals surface area (Å²) in [4.78, 5) is 46.8. The first-order valence-corrected chi connectivity index (χ1v) is 23.9. The Morgan fingerprint density at radius 2 is 1.65 bits per heavy atom. The highest BCUT2D eigenvalue weighted by Gasteiger charge is 2.43. The number of nitrogens with zero attached hydrogens (tertiary/aromatic N) is 9. The highest BCUT2D eigenvalue weighted by atomic mass is 32.1. The van der Waals surface area contributed by atoms with Crippen LogP contribution in [-0.4, -0.2) is 93.6 Å². The summed E-state index contributed by atoms with van der Waals surface area (Å²) in [7, 11) is 0. The Labute approximate surface area is 386 Å². The van der Waals surface area contributed by atoms with E-state index in [1.54, 1.807) is 35.9 Å². The molecule has 0 unspecified atom stereocenters. The van der Waals surface area contributed by atoms with Crippen molar-refractivity contribution in [3.8, 4) is 38.7 Å². The van der Waals surface area contributed by atoms with E-state index in [0.29, 0.717) is 46.2 Å². The van der Waals surface area contributed by atoms with Gasteiger partial charge in [-0.05, 0) is 87.3 Å². The first kappa shape index (κ1) is 43.4. The van der Waals surface area contributed by atoms with Gasteiger partial charge in [-0.2, -0.15) is 0 Å². The number of aromatic nitrogens is 7. The number of phenolic OH excluding ortho intramolecular Hbond substituents is 1. The minimum absolute atomic E-state index is 0.0470. The maximum absolute atomic E-state index is 14.4. The van der Waals surface area contributed by atoms with Gasteiger partial charge in [-0.1, -0.05) is 55.4 Å². The number of piperidine rings is 1. The summed E-state index contributed by atoms with van der Waals surface area (Å²) in [6.45, 7) is 9.40. The second-order valence-electron chi connectivity index (χ2n) is 18.4. The number of amides is 2. The number of rotatable bonds is 12. The molecule has 0 spiro atoms. The maximum Gasteiger partial charge on any atom is 0.243 e. The second-order valence-corrected chi connectivity index (χ2v) is 19.3. The third-order valence-corrected chi connectivity index (χ3v) is 14.8. The quantitative estimate of drug-likeness (QED) is 0.106. The number of benzene rings is 2. The SMILES string of the molecule is Cc1ncsc1-c1ccc([C@H](C)NC(=O)[C@@H]2C[C@@H](O)CN2C(=O)[C@@H](c2cc(-c3cnc(N4CCC(c5cc6nnc(-c7ccccc7O)cc6n5C5CCC5)CC4)nc3)no2)C(C)C)cc1. The molecule has 15 nitrogen and oxygen atoms in total. The van der Waals surface area contributed by atoms with Gasteiger partial charge < -0.3 is 34.4 Å². The van der Waals surface area contributed by atoms with Gasteiger partial charge >= 0.3 is 0 Å². The lowest BCUT2D eigenvalue weighted by molar-refractivity contribution is -0.141. The number of fused-ring (bicyclic) bond motifs is 1. The number of nitrogens with one attached hydrogen (secondary N) is 1. The Balaban J connectivity index is 0.790. The van der Waals surface area contributed by atoms with Crippen molar-refractivity contribution in [2.45, 2.75) is 102 Å². The molecule has 3 fully saturated rings. The number of carbonyl (C=O) groups is 2. The van der Waals surface area contributed by atoms with Crippen LogP contribution in [0.15, 0.2) is 89.2 Å². The van der Waals surface area contributed by atoms with Crippen LogP contribution < -0.4 is 10.2 Å². The number of hydrogen-bond acceptors (Lipinski definition) is 13. The monoisotopic (exact) mass is 906 g/mol. The van der Waals surface area contributed by atoms with E-state index >= 15 is 0 Å². The van der Waals surface area contributed by atoms with E-state index in [4.69, 9.17) is 14.5 Å². The molecular formula is C50H54N10O5S. The maximum atomic E-state index is 14.4. The highest BCUT2D eigenvalue weighted by Crippen LogP contribution is 2.42. The van der Waals surface area contributed by atoms with Crippen LogP contribution in [0, 0.1) is 12.8 Å². The number of aryl methyl sites for hydroxylation is 1. The lowest BCUT2D eigenvalue weighted by Crippen LogP contribution is -2.48. The van der Waals surface area contributed by atoms with Gasteiger partial charge in [0.25, 0.3) is 0 Å². The van der Waals surface area contributed by atoms with Crippen LogP contribution in [0.25, 0.3) is 44.0 Å². The van der Waals surface area contributed by atoms with Crippen molar-refractivity contribution < 1.29 is 24.3 Å². The first-order chi connectivity index (χ1) is 32.0. The predicted molar refractivity (Wildman–Crippen MR) is 252 cm³/mol. The second kappa shape index (κ2) is 18.0. The molecule has 4 atom stereocenters. The van der Waals surface area contributed by atoms with Gasteiger partial charge in [0.15, 0.2) is 0 Å². The summed E-state index contributed by atoms with van der Waals surface area (Å²) in [5, 5.41) is 37.8. The molecule has 3 aliphatic rings. The van der Waals surface area contributed by atoms with E-state index in [1.165, 1.54) is 17.0 Å². The molecule has 66 heavy (non-hydrogen) atoms. The summed E-state index contributed by atoms with van der Waals surface area (Å²) < 4.78 is 8.35. The average molecular weight is 907 g/mol. The first-order valence-electron chi connectivity index (χ1n) is 23.0. The Hall–Kier alpha value is -6.52. The molecule has 2 amide bonds. The predicted octanol–water partition coefficient (Wildman–Crippen LogP) is 8.37. The fraction of sp³-hybridized carbons (Fsp3) is 0.400. The van der Waals surface area contributed by atoms with E-state index in [9.17, 15) is 19.8 Å². The molecule has 1 saturated carbocycles. The van der Waals surface area contributed by atoms with Crippen LogP contribution in [0.3, 0.4) is 0 Å². The van der Waals surface area contributed by atoms with Crippen molar-refractivity contribution in [2.24, 2.45) is 5.92 Å². The molecule has 1 aliphatic carbocycles. The summed E-state index contributed by atoms with van der Waals surface area (Å²) in [6, 6.07) is 20.6. The fourth-order valence-electron chi connectivity index (χ4n) is 9.90. The van der Waals surface area contributed by atoms with Gasteiger partial charge in [0.2, 0.25) is 17.8 Å². The van der Waals surface area contributed by atoms with Crippen LogP contribution in [0.4, 0.5) is 5.95 Å². The zero-order valence-electron chi connectivity index (χ0n) is 37.5. The summed E-state index contributed by atoms with van der Waals surface area (Å²) >= 11 is 1.59. The Morgan fingerprint density at radius 1 is 0.894 bits per heavy atom. The molecule has 10 rings (SSSR count). The largest absolute Gasteiger partial charge is 0.507 e. The van der Waals surface area contributed by atoms with E-state index in [0.717, 1.165) is 71.5 Å². The topological polar surface area (TPSA) is 189 Å². The average Bonchev–Trinajstić information content (AvgIpc) is 4.13. The molecule has 2 aliphatic heterocycles. The number of carbonyl (C=O) groups excluding carboxylic acids is 2. The molecule has 5 aromatic heterocycles. The van der Waals surface area contributed by atoms with Crippen molar-refractivity contribution in [1.29, 1.82) is 0 Å². The summed E-state index contributed by atoms with van der Waals surface area (Å²) in [6.07, 6.45) is 8.14. The zero-order valence-corrected chi connectivity index (χ0v) is 38.4. The number of hydrogen-bond donors (Lipinski definition) is 3. The van der Waals surface area contributed by atoms with Crippen LogP contribution in [0.1, 0.15) is 106 Å². The smallest absolute Gasteiger partial charge is 0.243 e. The minimum atomic E-state index is -0.838. The van der Waals surface area contributed by atoms with Crippen LogP contribution in [0.2, 0.25) is 0 Å². The number of aliphatic hydroxyl groups excluding tert-OH is 1. The summed E-state index contributed by atoms with van der Waals surface area (Å²) in [5.74, 6) is 0.0155. The van der Waals surface area contributed by atoms with Gasteiger partial charge in [-0.25, -0.2) is 15.0 Å². The Kier molecular flexibility index (Phi) is 11.9. The number of phenols is 1. The highest BCUT2D eigenvalue weighted by molar-refractivity contribution is 7.13. The van der Waals surface area contributed by atoms with Crippen LogP contribution in [0.5, 0.6) is 5.75 Å². The van der Waals surface area contributed by atoms with E-state index in [-0.39, 0.29) is 42.5 Å². The Morgan fingerprint density at radius 3 is 2.33 bits per heavy atom. The third kappa shape index (κ3) is 8.32. The molecule has 16 heteroatoms. The Bertz CT molecular complexity index is 2860. The normalized spacial score (nSPS) is 19.1. The lowest BCUT2D eigenvalue weighted by atomic mass is 9.89. The number of β-amino-alcohol motifs (C(OH)–C–C–N with tert-alkyl or cyclic N) is 1. The number of aromatic hydroxyl groups is 1. The number of anilines is 1. The van der Waals surface area contributed by atoms with Crippen molar-refractivity contribution in [3.63, 3.8) is 0 Å². The van der Waals surface area contributed by atoms with Gasteiger partial charge in [-0.15, -0.1) is 21.5 Å². The molecule has 7 aromatic rings. The van der Waals surface area contributed by atoms with Crippen molar-refractivity contribution in [2.75, 3.05) is 24.5 Å². The van der Waals surface area contributed by atoms with Gasteiger partial charge in [0.1, 0.15) is 34.7 Å². The zero-order chi connectivity index (χ0) is 45.6. The van der Waals surface area contributed by atoms with Crippen LogP contribution in [-0.2, 0) is 9.59 Å². The van der Waals surface area contributed by atoms with E-state index < -0.39 is 18.1 Å². The van der Waals surface area contributed by atoms with Gasteiger partial charge in [0, 0.05) is 73.3 Å². The molecule has 0 bridgehead atoms. The fourth-order valence-corrected chi connectivity index (χ4v) is 10.7. The molecule has 2 saturated heterocycles. The van der Waals surface area contributed by atoms with E-state index in [2.05, 4.69) is 47.3 Å².